The van der Waals surface area contributed by atoms with Crippen molar-refractivity contribution in [2.45, 2.75) is 0 Å². The van der Waals surface area contributed by atoms with Gasteiger partial charge in [-0.15, -0.1) is 0 Å². The van der Waals surface area contributed by atoms with E-state index in [1.807, 2.05) is 6.07 Å². The number of nitrogens with one attached hydrogen (secondary N) is 1. The van der Waals surface area contributed by atoms with Crippen LogP contribution in [0.15, 0.2) is 32.1 Å². The Kier molecular flexibility index (Phi) is 2.21. The lowest BCUT2D eigenvalue weighted by atomic mass is 10.2. The average molecular weight is 304 g/mol. The van der Waals surface area contributed by atoms with Gasteiger partial charge in [0.25, 0.3) is 0 Å². The molecule has 0 fully saturated rings. The van der Waals surface area contributed by atoms with E-state index in [2.05, 4.69) is 42.1 Å². The first-order chi connectivity index (χ1) is 6.18. The summed E-state index contributed by atoms with van der Waals surface area (Å²) in [6, 6.07) is 3.63. The number of fused-ring (bicyclic) bond motifs is 1. The van der Waals surface area contributed by atoms with Crippen molar-refractivity contribution in [3.05, 3.63) is 37.5 Å². The van der Waals surface area contributed by atoms with E-state index in [0.29, 0.717) is 5.39 Å². The van der Waals surface area contributed by atoms with Crippen LogP contribution in [0.3, 0.4) is 0 Å². The Labute approximate surface area is 90.4 Å². The molecule has 0 aliphatic heterocycles. The Morgan fingerprint density at radius 3 is 2.85 bits per heavy atom. The standard InChI is InChI=1S/C8H4Br2N2O/c9-4-1-5-7(13)3-11-12-8(5)6(10)2-4/h1-3H,(H,12,13). The summed E-state index contributed by atoms with van der Waals surface area (Å²) in [6.07, 6.45) is 1.27. The van der Waals surface area contributed by atoms with Gasteiger partial charge in [-0.3, -0.25) is 9.89 Å². The average Bonchev–Trinajstić information content (AvgIpc) is 2.07. The highest BCUT2D eigenvalue weighted by Gasteiger charge is 2.03. The Morgan fingerprint density at radius 1 is 1.31 bits per heavy atom. The minimum atomic E-state index is -0.0873. The van der Waals surface area contributed by atoms with Gasteiger partial charge in [0, 0.05) is 8.95 Å². The molecule has 1 N–H and O–H groups in total. The van der Waals surface area contributed by atoms with Crippen LogP contribution in [0.5, 0.6) is 0 Å². The number of aromatic nitrogens is 2. The molecule has 2 rings (SSSR count). The van der Waals surface area contributed by atoms with E-state index in [9.17, 15) is 4.79 Å². The number of rotatable bonds is 0. The van der Waals surface area contributed by atoms with Crippen LogP contribution in [0.4, 0.5) is 0 Å². The van der Waals surface area contributed by atoms with E-state index in [0.717, 1.165) is 14.5 Å². The van der Waals surface area contributed by atoms with Crippen LogP contribution in [0.1, 0.15) is 0 Å². The molecule has 66 valence electrons. The topological polar surface area (TPSA) is 45.8 Å². The summed E-state index contributed by atoms with van der Waals surface area (Å²) in [7, 11) is 0. The summed E-state index contributed by atoms with van der Waals surface area (Å²) in [6.45, 7) is 0. The lowest BCUT2D eigenvalue weighted by Crippen LogP contribution is -2.03. The molecule has 0 amide bonds. The molecule has 2 aromatic rings. The molecule has 0 spiro atoms. The molecule has 0 bridgehead atoms. The molecule has 0 unspecified atom stereocenters. The number of halogens is 2. The lowest BCUT2D eigenvalue weighted by molar-refractivity contribution is 1.06. The van der Waals surface area contributed by atoms with Gasteiger partial charge in [0.05, 0.1) is 17.1 Å². The second-order valence-corrected chi connectivity index (χ2v) is 4.31. The third-order valence-corrected chi connectivity index (χ3v) is 2.76. The van der Waals surface area contributed by atoms with E-state index in [-0.39, 0.29) is 5.43 Å². The van der Waals surface area contributed by atoms with Gasteiger partial charge in [-0.25, -0.2) is 0 Å². The maximum atomic E-state index is 11.4. The van der Waals surface area contributed by atoms with Crippen molar-refractivity contribution in [2.24, 2.45) is 0 Å². The van der Waals surface area contributed by atoms with Gasteiger partial charge in [-0.2, -0.15) is 5.10 Å². The van der Waals surface area contributed by atoms with Crippen molar-refractivity contribution < 1.29 is 0 Å². The third kappa shape index (κ3) is 1.53. The Bertz CT molecular complexity index is 521. The van der Waals surface area contributed by atoms with Gasteiger partial charge in [0.2, 0.25) is 5.43 Å². The minimum Gasteiger partial charge on any atom is -0.287 e. The highest BCUT2D eigenvalue weighted by atomic mass is 79.9. The number of hydrogen-bond donors (Lipinski definition) is 1. The molecule has 1 aromatic carbocycles. The lowest BCUT2D eigenvalue weighted by Gasteiger charge is -1.99. The largest absolute Gasteiger partial charge is 0.287 e. The molecular weight excluding hydrogens is 300 g/mol. The Balaban J connectivity index is 3.03. The molecule has 0 aliphatic carbocycles. The van der Waals surface area contributed by atoms with E-state index in [1.54, 1.807) is 6.07 Å². The molecule has 0 radical (unpaired) electrons. The smallest absolute Gasteiger partial charge is 0.208 e. The fourth-order valence-electron chi connectivity index (χ4n) is 1.11. The van der Waals surface area contributed by atoms with Crippen LogP contribution < -0.4 is 5.43 Å². The zero-order valence-electron chi connectivity index (χ0n) is 6.34. The zero-order valence-corrected chi connectivity index (χ0v) is 9.52. The first-order valence-corrected chi connectivity index (χ1v) is 5.09. The maximum Gasteiger partial charge on any atom is 0.208 e. The van der Waals surface area contributed by atoms with Crippen molar-refractivity contribution in [3.8, 4) is 0 Å². The summed E-state index contributed by atoms with van der Waals surface area (Å²) in [5.41, 5.74) is 0.631. The molecular formula is C8H4Br2N2O. The van der Waals surface area contributed by atoms with E-state index >= 15 is 0 Å². The van der Waals surface area contributed by atoms with Crippen LogP contribution in [-0.4, -0.2) is 10.2 Å². The fraction of sp³-hybridized carbons (Fsp3) is 0. The van der Waals surface area contributed by atoms with E-state index < -0.39 is 0 Å². The molecule has 0 saturated heterocycles. The molecule has 1 heterocycles. The SMILES string of the molecule is O=c1cn[nH]c2c(Br)cc(Br)cc12. The van der Waals surface area contributed by atoms with Crippen molar-refractivity contribution in [1.29, 1.82) is 0 Å². The Hall–Kier alpha value is -0.680. The van der Waals surface area contributed by atoms with Crippen molar-refractivity contribution in [3.63, 3.8) is 0 Å². The second kappa shape index (κ2) is 3.23. The van der Waals surface area contributed by atoms with E-state index in [1.165, 1.54) is 6.20 Å². The second-order valence-electron chi connectivity index (χ2n) is 2.54. The normalized spacial score (nSPS) is 10.6. The van der Waals surface area contributed by atoms with Gasteiger partial charge in [-0.1, -0.05) is 15.9 Å². The first kappa shape index (κ1) is 8.90. The molecule has 3 nitrogen and oxygen atoms in total. The predicted octanol–water partition coefficient (Wildman–Crippen LogP) is 2.45. The minimum absolute atomic E-state index is 0.0873. The van der Waals surface area contributed by atoms with Gasteiger partial charge >= 0.3 is 0 Å². The summed E-state index contributed by atoms with van der Waals surface area (Å²) in [4.78, 5) is 11.4. The van der Waals surface area contributed by atoms with Crippen LogP contribution in [0.25, 0.3) is 10.9 Å². The molecule has 0 aliphatic rings. The van der Waals surface area contributed by atoms with Gasteiger partial charge < -0.3 is 0 Å². The number of benzene rings is 1. The third-order valence-electron chi connectivity index (χ3n) is 1.68. The Morgan fingerprint density at radius 2 is 2.08 bits per heavy atom. The molecule has 5 heteroatoms. The van der Waals surface area contributed by atoms with Crippen LogP contribution in [-0.2, 0) is 0 Å². The molecule has 0 saturated carbocycles. The summed E-state index contributed by atoms with van der Waals surface area (Å²) < 4.78 is 1.69. The van der Waals surface area contributed by atoms with Crippen LogP contribution in [0, 0.1) is 0 Å². The predicted molar refractivity (Wildman–Crippen MR) is 57.8 cm³/mol. The van der Waals surface area contributed by atoms with Gasteiger partial charge in [-0.05, 0) is 28.1 Å². The molecule has 13 heavy (non-hydrogen) atoms. The summed E-state index contributed by atoms with van der Waals surface area (Å²) in [5.74, 6) is 0. The monoisotopic (exact) mass is 302 g/mol. The van der Waals surface area contributed by atoms with Gasteiger partial charge in [0.15, 0.2) is 0 Å². The van der Waals surface area contributed by atoms with Crippen LogP contribution >= 0.6 is 31.9 Å². The highest BCUT2D eigenvalue weighted by Crippen LogP contribution is 2.24. The summed E-state index contributed by atoms with van der Waals surface area (Å²) in [5, 5.41) is 7.11. The number of H-pyrrole nitrogens is 1. The van der Waals surface area contributed by atoms with Gasteiger partial charge in [0.1, 0.15) is 0 Å². The fourth-order valence-corrected chi connectivity index (χ4v) is 2.42. The van der Waals surface area contributed by atoms with Crippen LogP contribution in [0.2, 0.25) is 0 Å². The quantitative estimate of drug-likeness (QED) is 0.812. The first-order valence-electron chi connectivity index (χ1n) is 3.51. The maximum absolute atomic E-state index is 11.4. The number of aromatic amines is 1. The zero-order chi connectivity index (χ0) is 9.42. The van der Waals surface area contributed by atoms with Crippen molar-refractivity contribution >= 4 is 42.8 Å². The number of nitrogens with zero attached hydrogens (tertiary/aromatic N) is 1. The number of hydrogen-bond acceptors (Lipinski definition) is 2. The molecule has 0 atom stereocenters. The van der Waals surface area contributed by atoms with Crippen molar-refractivity contribution in [1.82, 2.24) is 10.2 Å². The summed E-state index contributed by atoms with van der Waals surface area (Å²) >= 11 is 6.66. The van der Waals surface area contributed by atoms with E-state index in [4.69, 9.17) is 0 Å². The molecule has 1 aromatic heterocycles. The highest BCUT2D eigenvalue weighted by molar-refractivity contribution is 9.11. The van der Waals surface area contributed by atoms with Crippen molar-refractivity contribution in [2.75, 3.05) is 0 Å².